The van der Waals surface area contributed by atoms with Crippen molar-refractivity contribution < 1.29 is 13.6 Å². The van der Waals surface area contributed by atoms with E-state index in [2.05, 4.69) is 13.0 Å². The van der Waals surface area contributed by atoms with Crippen molar-refractivity contribution in [3.63, 3.8) is 0 Å². The standard InChI is InChI=1S/C16H29O3P/c1-4-7-11-16(15-12-9-8-10-13-15)14-20(17,18-5-2)19-6-3/h12,14H,4-11,13H2,1-3H3/b16-14-. The largest absolute Gasteiger partial charge is 0.354 e. The Labute approximate surface area is 124 Å². The number of unbranched alkanes of at least 4 members (excludes halogenated alkanes) is 1. The van der Waals surface area contributed by atoms with Gasteiger partial charge in [0.15, 0.2) is 0 Å². The van der Waals surface area contributed by atoms with E-state index in [0.29, 0.717) is 13.2 Å². The Hall–Kier alpha value is -0.370. The van der Waals surface area contributed by atoms with Gasteiger partial charge in [0.25, 0.3) is 0 Å². The summed E-state index contributed by atoms with van der Waals surface area (Å²) in [6.07, 6.45) is 10.2. The van der Waals surface area contributed by atoms with E-state index in [0.717, 1.165) is 32.1 Å². The molecule has 0 aromatic carbocycles. The van der Waals surface area contributed by atoms with Crippen molar-refractivity contribution in [1.82, 2.24) is 0 Å². The highest BCUT2D eigenvalue weighted by atomic mass is 31.2. The molecule has 0 atom stereocenters. The lowest BCUT2D eigenvalue weighted by Crippen LogP contribution is -1.99. The zero-order valence-electron chi connectivity index (χ0n) is 13.2. The van der Waals surface area contributed by atoms with E-state index >= 15 is 0 Å². The first-order chi connectivity index (χ1) is 9.65. The quantitative estimate of drug-likeness (QED) is 0.503. The Morgan fingerprint density at radius 1 is 1.25 bits per heavy atom. The molecule has 3 nitrogen and oxygen atoms in total. The third-order valence-electron chi connectivity index (χ3n) is 3.44. The highest BCUT2D eigenvalue weighted by Crippen LogP contribution is 2.52. The van der Waals surface area contributed by atoms with Gasteiger partial charge in [0.1, 0.15) is 0 Å². The fourth-order valence-electron chi connectivity index (χ4n) is 2.47. The Bertz CT molecular complexity index is 375. The molecule has 0 saturated carbocycles. The summed E-state index contributed by atoms with van der Waals surface area (Å²) in [7, 11) is -3.09. The Balaban J connectivity index is 2.96. The number of allylic oxidation sites excluding steroid dienone is 3. The van der Waals surface area contributed by atoms with E-state index in [-0.39, 0.29) is 0 Å². The first kappa shape index (κ1) is 17.7. The lowest BCUT2D eigenvalue weighted by Gasteiger charge is -2.19. The summed E-state index contributed by atoms with van der Waals surface area (Å²) in [5.74, 6) is 1.78. The first-order valence-corrected chi connectivity index (χ1v) is 9.56. The van der Waals surface area contributed by atoms with Crippen LogP contribution in [-0.4, -0.2) is 13.2 Å². The maximum Gasteiger partial charge on any atom is 0.354 e. The summed E-state index contributed by atoms with van der Waals surface area (Å²) in [5.41, 5.74) is 2.53. The van der Waals surface area contributed by atoms with Gasteiger partial charge >= 0.3 is 7.60 Å². The molecular weight excluding hydrogens is 271 g/mol. The first-order valence-electron chi connectivity index (χ1n) is 7.95. The third kappa shape index (κ3) is 5.95. The van der Waals surface area contributed by atoms with E-state index in [1.54, 1.807) is 5.82 Å². The van der Waals surface area contributed by atoms with Gasteiger partial charge in [0.2, 0.25) is 0 Å². The SMILES string of the molecule is CCCC/C(=C/P(=O)(OCC)OCC)C1=CCCCC1. The minimum Gasteiger partial charge on any atom is -0.306 e. The van der Waals surface area contributed by atoms with E-state index in [9.17, 15) is 4.57 Å². The molecule has 20 heavy (non-hydrogen) atoms. The van der Waals surface area contributed by atoms with Gasteiger partial charge in [-0.25, -0.2) is 0 Å². The molecule has 0 aromatic heterocycles. The molecule has 116 valence electrons. The maximum absolute atomic E-state index is 12.7. The molecule has 0 saturated heterocycles. The van der Waals surface area contributed by atoms with Crippen LogP contribution in [0.25, 0.3) is 0 Å². The minimum absolute atomic E-state index is 0.411. The molecule has 0 unspecified atom stereocenters. The molecule has 0 fully saturated rings. The van der Waals surface area contributed by atoms with Crippen LogP contribution in [-0.2, 0) is 13.6 Å². The minimum atomic E-state index is -3.09. The van der Waals surface area contributed by atoms with Crippen molar-refractivity contribution in [1.29, 1.82) is 0 Å². The highest BCUT2D eigenvalue weighted by molar-refractivity contribution is 7.57. The molecule has 4 heteroatoms. The fourth-order valence-corrected chi connectivity index (χ4v) is 4.09. The third-order valence-corrected chi connectivity index (χ3v) is 5.30. The van der Waals surface area contributed by atoms with Crippen LogP contribution in [0.4, 0.5) is 0 Å². The van der Waals surface area contributed by atoms with Gasteiger partial charge in [0, 0.05) is 5.82 Å². The van der Waals surface area contributed by atoms with Crippen molar-refractivity contribution in [2.45, 2.75) is 65.7 Å². The smallest absolute Gasteiger partial charge is 0.306 e. The van der Waals surface area contributed by atoms with Crippen molar-refractivity contribution in [3.8, 4) is 0 Å². The van der Waals surface area contributed by atoms with Gasteiger partial charge in [-0.1, -0.05) is 19.4 Å². The summed E-state index contributed by atoms with van der Waals surface area (Å²) < 4.78 is 23.5. The van der Waals surface area contributed by atoms with Crippen LogP contribution in [0, 0.1) is 0 Å². The molecule has 0 N–H and O–H groups in total. The highest BCUT2D eigenvalue weighted by Gasteiger charge is 2.22. The number of hydrogen-bond acceptors (Lipinski definition) is 3. The van der Waals surface area contributed by atoms with Gasteiger partial charge in [-0.2, -0.15) is 0 Å². The van der Waals surface area contributed by atoms with Gasteiger partial charge in [0.05, 0.1) is 13.2 Å². The van der Waals surface area contributed by atoms with Gasteiger partial charge in [-0.3, -0.25) is 4.57 Å². The van der Waals surface area contributed by atoms with Crippen LogP contribution in [0.5, 0.6) is 0 Å². The molecule has 0 amide bonds. The summed E-state index contributed by atoms with van der Waals surface area (Å²) in [6.45, 7) is 6.70. The molecule has 1 aliphatic carbocycles. The topological polar surface area (TPSA) is 35.5 Å². The second-order valence-corrected chi connectivity index (χ2v) is 6.96. The molecule has 0 aromatic rings. The van der Waals surface area contributed by atoms with E-state index in [1.807, 2.05) is 13.8 Å². The predicted molar refractivity (Wildman–Crippen MR) is 85.0 cm³/mol. The number of rotatable bonds is 9. The zero-order valence-corrected chi connectivity index (χ0v) is 14.1. The maximum atomic E-state index is 12.7. The van der Waals surface area contributed by atoms with Crippen molar-refractivity contribution in [2.75, 3.05) is 13.2 Å². The van der Waals surface area contributed by atoms with Crippen LogP contribution >= 0.6 is 7.60 Å². The summed E-state index contributed by atoms with van der Waals surface area (Å²) in [5, 5.41) is 0. The monoisotopic (exact) mass is 300 g/mol. The molecule has 0 radical (unpaired) electrons. The second kappa shape index (κ2) is 9.55. The number of hydrogen-bond donors (Lipinski definition) is 0. The molecular formula is C16H29O3P. The van der Waals surface area contributed by atoms with Crippen LogP contribution in [0.3, 0.4) is 0 Å². The molecule has 0 heterocycles. The zero-order chi connectivity index (χ0) is 14.8. The molecule has 1 rings (SSSR count). The lowest BCUT2D eigenvalue weighted by molar-refractivity contribution is 0.228. The van der Waals surface area contributed by atoms with Crippen LogP contribution in [0.2, 0.25) is 0 Å². The Kier molecular flexibility index (Phi) is 8.44. The van der Waals surface area contributed by atoms with E-state index in [4.69, 9.17) is 9.05 Å². The normalized spacial score (nSPS) is 17.1. The average Bonchev–Trinajstić information content (AvgIpc) is 2.45. The average molecular weight is 300 g/mol. The molecule has 0 aliphatic heterocycles. The van der Waals surface area contributed by atoms with Gasteiger partial charge in [-0.05, 0) is 63.5 Å². The van der Waals surface area contributed by atoms with E-state index in [1.165, 1.54) is 24.0 Å². The summed E-state index contributed by atoms with van der Waals surface area (Å²) in [6, 6.07) is 0. The van der Waals surface area contributed by atoms with Crippen LogP contribution in [0.1, 0.15) is 65.7 Å². The molecule has 0 spiro atoms. The van der Waals surface area contributed by atoms with Crippen molar-refractivity contribution in [3.05, 3.63) is 23.0 Å². The molecule has 1 aliphatic rings. The summed E-state index contributed by atoms with van der Waals surface area (Å²) in [4.78, 5) is 0. The Morgan fingerprint density at radius 3 is 2.45 bits per heavy atom. The van der Waals surface area contributed by atoms with Crippen LogP contribution in [0.15, 0.2) is 23.0 Å². The fraction of sp³-hybridized carbons (Fsp3) is 0.750. The molecule has 0 bridgehead atoms. The van der Waals surface area contributed by atoms with Crippen LogP contribution < -0.4 is 0 Å². The van der Waals surface area contributed by atoms with E-state index < -0.39 is 7.60 Å². The predicted octanol–water partition coefficient (Wildman–Crippen LogP) is 5.83. The second-order valence-electron chi connectivity index (χ2n) is 5.11. The van der Waals surface area contributed by atoms with Crippen molar-refractivity contribution >= 4 is 7.60 Å². The Morgan fingerprint density at radius 2 is 1.95 bits per heavy atom. The summed E-state index contributed by atoms with van der Waals surface area (Å²) >= 11 is 0. The van der Waals surface area contributed by atoms with Crippen molar-refractivity contribution in [2.24, 2.45) is 0 Å². The van der Waals surface area contributed by atoms with Gasteiger partial charge < -0.3 is 9.05 Å². The lowest BCUT2D eigenvalue weighted by atomic mass is 9.92. The van der Waals surface area contributed by atoms with Gasteiger partial charge in [-0.15, -0.1) is 0 Å².